The second kappa shape index (κ2) is 9.18. The van der Waals surface area contributed by atoms with Crippen molar-refractivity contribution in [2.24, 2.45) is 0 Å². The number of allylic oxidation sites excluding steroid dienone is 2. The molecule has 0 atom stereocenters. The van der Waals surface area contributed by atoms with E-state index in [0.717, 1.165) is 22.5 Å². The Hall–Kier alpha value is -3.40. The second-order valence-corrected chi connectivity index (χ2v) is 5.44. The Bertz CT molecular complexity index is 848. The molecule has 0 aliphatic carbocycles. The Labute approximate surface area is 153 Å². The highest BCUT2D eigenvalue weighted by molar-refractivity contribution is 5.66. The van der Waals surface area contributed by atoms with E-state index in [1.54, 1.807) is 19.1 Å². The van der Waals surface area contributed by atoms with Gasteiger partial charge in [-0.15, -0.1) is 0 Å². The summed E-state index contributed by atoms with van der Waals surface area (Å²) in [6.45, 7) is 13.4. The Morgan fingerprint density at radius 3 is 2.46 bits per heavy atom. The van der Waals surface area contributed by atoms with Crippen LogP contribution in [0.3, 0.4) is 0 Å². The maximum atomic E-state index is 10.4. The zero-order valence-corrected chi connectivity index (χ0v) is 14.8. The van der Waals surface area contributed by atoms with Gasteiger partial charge in [0.1, 0.15) is 30.2 Å². The highest BCUT2D eigenvalue weighted by Gasteiger charge is 2.04. The third-order valence-electron chi connectivity index (χ3n) is 3.58. The van der Waals surface area contributed by atoms with Gasteiger partial charge in [0.15, 0.2) is 0 Å². The Morgan fingerprint density at radius 1 is 1.12 bits per heavy atom. The monoisotopic (exact) mass is 347 g/mol. The number of aromatic nitrogens is 1. The van der Waals surface area contributed by atoms with E-state index in [4.69, 9.17) is 9.47 Å². The second-order valence-electron chi connectivity index (χ2n) is 5.44. The highest BCUT2D eigenvalue weighted by atomic mass is 16.5. The van der Waals surface area contributed by atoms with Crippen molar-refractivity contribution < 1.29 is 14.3 Å². The van der Waals surface area contributed by atoms with Crippen molar-refractivity contribution in [2.75, 3.05) is 0 Å². The molecule has 1 aromatic carbocycles. The van der Waals surface area contributed by atoms with Gasteiger partial charge in [-0.2, -0.15) is 0 Å². The van der Waals surface area contributed by atoms with Crippen LogP contribution < -0.4 is 4.74 Å². The van der Waals surface area contributed by atoms with Crippen molar-refractivity contribution in [1.82, 2.24) is 4.98 Å². The first-order valence-corrected chi connectivity index (χ1v) is 8.04. The van der Waals surface area contributed by atoms with Crippen LogP contribution >= 0.6 is 0 Å². The summed E-state index contributed by atoms with van der Waals surface area (Å²) in [6, 6.07) is 11.2. The smallest absolute Gasteiger partial charge is 0.146 e. The molecular weight excluding hydrogens is 326 g/mol. The van der Waals surface area contributed by atoms with Gasteiger partial charge in [-0.05, 0) is 48.9 Å². The lowest BCUT2D eigenvalue weighted by molar-refractivity contribution is -0.104. The van der Waals surface area contributed by atoms with Crippen molar-refractivity contribution in [1.29, 1.82) is 0 Å². The quantitative estimate of drug-likeness (QED) is 0.362. The zero-order valence-electron chi connectivity index (χ0n) is 14.8. The van der Waals surface area contributed by atoms with Crippen LogP contribution in [-0.2, 0) is 16.1 Å². The van der Waals surface area contributed by atoms with Gasteiger partial charge < -0.3 is 9.47 Å². The molecule has 26 heavy (non-hydrogen) atoms. The summed E-state index contributed by atoms with van der Waals surface area (Å²) in [5.74, 6) is 1.65. The lowest BCUT2D eigenvalue weighted by Gasteiger charge is -2.11. The van der Waals surface area contributed by atoms with Crippen molar-refractivity contribution >= 4 is 24.2 Å². The molecule has 0 saturated heterocycles. The summed E-state index contributed by atoms with van der Waals surface area (Å²) in [7, 11) is 0. The van der Waals surface area contributed by atoms with E-state index in [1.165, 1.54) is 6.08 Å². The van der Waals surface area contributed by atoms with Crippen LogP contribution in [0.1, 0.15) is 29.4 Å². The molecule has 2 aromatic rings. The van der Waals surface area contributed by atoms with Crippen LogP contribution in [0, 0.1) is 0 Å². The number of carbonyl (C=O) groups excluding carboxylic acids is 1. The van der Waals surface area contributed by atoms with Crippen LogP contribution in [0.2, 0.25) is 0 Å². The molecule has 4 nitrogen and oxygen atoms in total. The van der Waals surface area contributed by atoms with Crippen LogP contribution in [0.15, 0.2) is 68.0 Å². The third-order valence-corrected chi connectivity index (χ3v) is 3.58. The number of pyridine rings is 1. The number of ether oxygens (including phenoxy) is 2. The van der Waals surface area contributed by atoms with Crippen LogP contribution in [-0.4, -0.2) is 11.3 Å². The maximum absolute atomic E-state index is 10.4. The lowest BCUT2D eigenvalue weighted by Crippen LogP contribution is -2.00. The summed E-state index contributed by atoms with van der Waals surface area (Å²) < 4.78 is 11.2. The Kier molecular flexibility index (Phi) is 6.68. The van der Waals surface area contributed by atoms with Gasteiger partial charge in [-0.25, -0.2) is 4.98 Å². The predicted molar refractivity (Wildman–Crippen MR) is 105 cm³/mol. The molecule has 0 fully saturated rings. The number of carbonyl (C=O) groups is 1. The van der Waals surface area contributed by atoms with Gasteiger partial charge in [0, 0.05) is 11.6 Å². The van der Waals surface area contributed by atoms with Gasteiger partial charge in [-0.3, -0.25) is 4.79 Å². The summed E-state index contributed by atoms with van der Waals surface area (Å²) >= 11 is 0. The molecule has 0 saturated carbocycles. The van der Waals surface area contributed by atoms with E-state index in [-0.39, 0.29) is 0 Å². The first-order valence-electron chi connectivity index (χ1n) is 8.04. The van der Waals surface area contributed by atoms with Crippen molar-refractivity contribution in [2.45, 2.75) is 13.5 Å². The molecule has 0 spiro atoms. The number of hydrogen-bond donors (Lipinski definition) is 0. The number of nitrogens with zero attached hydrogens (tertiary/aromatic N) is 1. The largest absolute Gasteiger partial charge is 0.487 e. The summed E-state index contributed by atoms with van der Waals surface area (Å²) in [5.41, 5.74) is 3.32. The Balaban J connectivity index is 2.00. The van der Waals surface area contributed by atoms with Gasteiger partial charge in [0.2, 0.25) is 0 Å². The summed E-state index contributed by atoms with van der Waals surface area (Å²) in [6.07, 6.45) is 5.45. The van der Waals surface area contributed by atoms with Crippen molar-refractivity contribution in [3.63, 3.8) is 0 Å². The molecule has 0 bridgehead atoms. The number of rotatable bonds is 9. The molecule has 4 heteroatoms. The van der Waals surface area contributed by atoms with E-state index in [1.807, 2.05) is 36.4 Å². The van der Waals surface area contributed by atoms with Crippen molar-refractivity contribution in [3.05, 3.63) is 90.5 Å². The fourth-order valence-electron chi connectivity index (χ4n) is 2.22. The molecule has 1 aromatic heterocycles. The van der Waals surface area contributed by atoms with Crippen LogP contribution in [0.4, 0.5) is 0 Å². The van der Waals surface area contributed by atoms with Gasteiger partial charge in [0.25, 0.3) is 0 Å². The van der Waals surface area contributed by atoms with E-state index < -0.39 is 0 Å². The van der Waals surface area contributed by atoms with Crippen molar-refractivity contribution in [3.8, 4) is 5.75 Å². The lowest BCUT2D eigenvalue weighted by atomic mass is 10.1. The molecule has 0 radical (unpaired) electrons. The SMILES string of the molecule is C=Cc1ccc(COc2ccc(C(=C)O/C(C)=C/C=O)cc2)nc1C=C. The van der Waals surface area contributed by atoms with Gasteiger partial charge in [-0.1, -0.05) is 31.9 Å². The normalized spacial score (nSPS) is 10.7. The summed E-state index contributed by atoms with van der Waals surface area (Å²) in [4.78, 5) is 14.9. The van der Waals surface area contributed by atoms with Gasteiger partial charge in [0.05, 0.1) is 11.4 Å². The standard InChI is InChI=1S/C22H21NO3/c1-5-18-7-10-20(23-22(18)6-2)15-25-21-11-8-19(9-12-21)17(4)26-16(3)13-14-24/h5-14H,1-2,4,15H2,3H3/b16-13+. The minimum atomic E-state index is 0.343. The maximum Gasteiger partial charge on any atom is 0.146 e. The average Bonchev–Trinajstić information content (AvgIpc) is 2.66. The predicted octanol–water partition coefficient (Wildman–Crippen LogP) is 5.04. The molecule has 0 aliphatic heterocycles. The molecule has 0 unspecified atom stereocenters. The topological polar surface area (TPSA) is 48.4 Å². The number of benzene rings is 1. The fourth-order valence-corrected chi connectivity index (χ4v) is 2.22. The summed E-state index contributed by atoms with van der Waals surface area (Å²) in [5, 5.41) is 0. The minimum Gasteiger partial charge on any atom is -0.487 e. The fraction of sp³-hybridized carbons (Fsp3) is 0.0909. The highest BCUT2D eigenvalue weighted by Crippen LogP contribution is 2.21. The molecule has 2 rings (SSSR count). The molecule has 1 heterocycles. The first-order chi connectivity index (χ1) is 12.6. The van der Waals surface area contributed by atoms with Crippen LogP contribution in [0.5, 0.6) is 5.75 Å². The Morgan fingerprint density at radius 2 is 1.85 bits per heavy atom. The minimum absolute atomic E-state index is 0.343. The average molecular weight is 347 g/mol. The molecule has 0 N–H and O–H groups in total. The molecule has 0 aliphatic rings. The van der Waals surface area contributed by atoms with E-state index >= 15 is 0 Å². The zero-order chi connectivity index (χ0) is 18.9. The first kappa shape index (κ1) is 18.9. The van der Waals surface area contributed by atoms with Gasteiger partial charge >= 0.3 is 0 Å². The van der Waals surface area contributed by atoms with E-state index in [2.05, 4.69) is 24.7 Å². The molecule has 0 amide bonds. The van der Waals surface area contributed by atoms with E-state index in [9.17, 15) is 4.79 Å². The number of hydrogen-bond acceptors (Lipinski definition) is 4. The van der Waals surface area contributed by atoms with E-state index in [0.29, 0.717) is 30.2 Å². The van der Waals surface area contributed by atoms with Crippen LogP contribution in [0.25, 0.3) is 17.9 Å². The number of aldehydes is 1. The third kappa shape index (κ3) is 5.05. The molecule has 132 valence electrons. The molecular formula is C22H21NO3.